The van der Waals surface area contributed by atoms with Gasteiger partial charge in [-0.2, -0.15) is 0 Å². The van der Waals surface area contributed by atoms with Gasteiger partial charge >= 0.3 is 0 Å². The van der Waals surface area contributed by atoms with Gasteiger partial charge in [-0.05, 0) is 57.3 Å². The third-order valence-electron chi connectivity index (χ3n) is 3.62. The third-order valence-corrected chi connectivity index (χ3v) is 4.11. The molecular formula is C17H23BrN2O. The summed E-state index contributed by atoms with van der Waals surface area (Å²) in [5.74, 6) is 2.00. The molecular weight excluding hydrogens is 328 g/mol. The Morgan fingerprint density at radius 2 is 2.10 bits per heavy atom. The summed E-state index contributed by atoms with van der Waals surface area (Å²) >= 11 is 3.54. The van der Waals surface area contributed by atoms with Crippen LogP contribution in [0.5, 0.6) is 0 Å². The van der Waals surface area contributed by atoms with Crippen LogP contribution < -0.4 is 5.32 Å². The predicted octanol–water partition coefficient (Wildman–Crippen LogP) is 4.13. The molecule has 0 fully saturated rings. The molecule has 0 spiro atoms. The summed E-state index contributed by atoms with van der Waals surface area (Å²) in [6, 6.07) is 12.9. The maximum Gasteiger partial charge on any atom is 0.118 e. The first-order valence-electron chi connectivity index (χ1n) is 7.25. The van der Waals surface area contributed by atoms with E-state index in [0.717, 1.165) is 35.5 Å². The van der Waals surface area contributed by atoms with Gasteiger partial charge in [-0.3, -0.25) is 4.90 Å². The topological polar surface area (TPSA) is 28.4 Å². The molecule has 114 valence electrons. The largest absolute Gasteiger partial charge is 0.465 e. The second kappa shape index (κ2) is 7.78. The molecule has 1 N–H and O–H groups in total. The van der Waals surface area contributed by atoms with Crippen LogP contribution in [0.15, 0.2) is 45.3 Å². The van der Waals surface area contributed by atoms with Gasteiger partial charge in [0.1, 0.15) is 11.5 Å². The highest BCUT2D eigenvalue weighted by molar-refractivity contribution is 9.10. The summed E-state index contributed by atoms with van der Waals surface area (Å²) in [5, 5.41) is 3.40. The van der Waals surface area contributed by atoms with Gasteiger partial charge in [0.15, 0.2) is 0 Å². The molecule has 0 radical (unpaired) electrons. The minimum absolute atomic E-state index is 0.364. The van der Waals surface area contributed by atoms with Crippen LogP contribution in [0, 0.1) is 6.92 Å². The van der Waals surface area contributed by atoms with E-state index in [9.17, 15) is 0 Å². The summed E-state index contributed by atoms with van der Waals surface area (Å²) in [6.45, 7) is 3.84. The third kappa shape index (κ3) is 4.99. The van der Waals surface area contributed by atoms with Crippen molar-refractivity contribution in [3.63, 3.8) is 0 Å². The molecule has 1 aromatic carbocycles. The van der Waals surface area contributed by atoms with E-state index in [1.54, 1.807) is 0 Å². The van der Waals surface area contributed by atoms with Gasteiger partial charge in [-0.1, -0.05) is 28.1 Å². The number of nitrogens with one attached hydrogen (secondary N) is 1. The van der Waals surface area contributed by atoms with E-state index < -0.39 is 0 Å². The van der Waals surface area contributed by atoms with Crippen molar-refractivity contribution < 1.29 is 4.42 Å². The van der Waals surface area contributed by atoms with E-state index in [0.29, 0.717) is 6.04 Å². The Balaban J connectivity index is 1.87. The molecule has 0 aliphatic heterocycles. The summed E-state index contributed by atoms with van der Waals surface area (Å²) in [7, 11) is 4.15. The second-order valence-corrected chi connectivity index (χ2v) is 6.35. The van der Waals surface area contributed by atoms with Crippen molar-refractivity contribution in [3.05, 3.63) is 58.0 Å². The number of rotatable bonds is 7. The fourth-order valence-electron chi connectivity index (χ4n) is 2.47. The van der Waals surface area contributed by atoms with Crippen LogP contribution >= 0.6 is 15.9 Å². The Morgan fingerprint density at radius 1 is 1.29 bits per heavy atom. The molecule has 1 atom stereocenters. The first-order chi connectivity index (χ1) is 10.1. The Labute approximate surface area is 135 Å². The first kappa shape index (κ1) is 16.3. The van der Waals surface area contributed by atoms with E-state index in [-0.39, 0.29) is 0 Å². The molecule has 0 aliphatic rings. The van der Waals surface area contributed by atoms with E-state index >= 15 is 0 Å². The summed E-state index contributed by atoms with van der Waals surface area (Å²) < 4.78 is 6.75. The molecule has 0 bridgehead atoms. The molecule has 2 rings (SSSR count). The normalized spacial score (nSPS) is 12.8. The molecule has 1 heterocycles. The Kier molecular flexibility index (Phi) is 6.03. The smallest absolute Gasteiger partial charge is 0.118 e. The minimum atomic E-state index is 0.364. The molecule has 1 unspecified atom stereocenters. The number of nitrogens with zero attached hydrogens (tertiary/aromatic N) is 1. The lowest BCUT2D eigenvalue weighted by molar-refractivity contribution is 0.276. The van der Waals surface area contributed by atoms with Crippen molar-refractivity contribution in [1.29, 1.82) is 0 Å². The molecule has 0 saturated heterocycles. The van der Waals surface area contributed by atoms with Crippen LogP contribution in [-0.2, 0) is 6.54 Å². The molecule has 1 aromatic heterocycles. The van der Waals surface area contributed by atoms with Gasteiger partial charge in [-0.15, -0.1) is 0 Å². The first-order valence-corrected chi connectivity index (χ1v) is 8.04. The van der Waals surface area contributed by atoms with Crippen molar-refractivity contribution in [2.24, 2.45) is 0 Å². The average Bonchev–Trinajstić information content (AvgIpc) is 2.85. The highest BCUT2D eigenvalue weighted by Gasteiger charge is 2.11. The fraction of sp³-hybridized carbons (Fsp3) is 0.412. The van der Waals surface area contributed by atoms with Crippen molar-refractivity contribution in [1.82, 2.24) is 10.2 Å². The maximum atomic E-state index is 5.62. The van der Waals surface area contributed by atoms with Crippen LogP contribution in [-0.4, -0.2) is 25.5 Å². The zero-order valence-electron chi connectivity index (χ0n) is 12.9. The summed E-state index contributed by atoms with van der Waals surface area (Å²) in [6.07, 6.45) is 1.06. The lowest BCUT2D eigenvalue weighted by Gasteiger charge is -2.21. The average molecular weight is 351 g/mol. The van der Waals surface area contributed by atoms with Gasteiger partial charge in [0.05, 0.1) is 6.54 Å². The summed E-state index contributed by atoms with van der Waals surface area (Å²) in [5.41, 5.74) is 1.31. The van der Waals surface area contributed by atoms with Crippen molar-refractivity contribution in [2.75, 3.05) is 20.6 Å². The number of aryl methyl sites for hydroxylation is 1. The molecule has 0 saturated carbocycles. The summed E-state index contributed by atoms with van der Waals surface area (Å²) in [4.78, 5) is 2.29. The molecule has 4 heteroatoms. The lowest BCUT2D eigenvalue weighted by atomic mass is 10.0. The Hall–Kier alpha value is -1.10. The number of hydrogen-bond donors (Lipinski definition) is 1. The highest BCUT2D eigenvalue weighted by Crippen LogP contribution is 2.21. The molecule has 2 aromatic rings. The monoisotopic (exact) mass is 350 g/mol. The Morgan fingerprint density at radius 3 is 2.71 bits per heavy atom. The van der Waals surface area contributed by atoms with E-state index in [2.05, 4.69) is 63.5 Å². The SMILES string of the molecule is CNC(CCN(C)Cc1ccc(C)o1)c1cccc(Br)c1. The van der Waals surface area contributed by atoms with Gasteiger partial charge in [0, 0.05) is 17.1 Å². The van der Waals surface area contributed by atoms with Crippen molar-refractivity contribution in [3.8, 4) is 0 Å². The van der Waals surface area contributed by atoms with E-state index in [4.69, 9.17) is 4.42 Å². The molecule has 0 amide bonds. The standard InChI is InChI=1S/C17H23BrN2O/c1-13-7-8-16(21-13)12-20(3)10-9-17(19-2)14-5-4-6-15(18)11-14/h4-8,11,17,19H,9-10,12H2,1-3H3. The zero-order valence-corrected chi connectivity index (χ0v) is 14.5. The molecule has 21 heavy (non-hydrogen) atoms. The maximum absolute atomic E-state index is 5.62. The van der Waals surface area contributed by atoms with Crippen LogP contribution in [0.2, 0.25) is 0 Å². The quantitative estimate of drug-likeness (QED) is 0.813. The van der Waals surface area contributed by atoms with Crippen LogP contribution in [0.4, 0.5) is 0 Å². The van der Waals surface area contributed by atoms with E-state index in [1.165, 1.54) is 5.56 Å². The van der Waals surface area contributed by atoms with Gasteiger partial charge < -0.3 is 9.73 Å². The van der Waals surface area contributed by atoms with Crippen LogP contribution in [0.25, 0.3) is 0 Å². The number of benzene rings is 1. The van der Waals surface area contributed by atoms with Crippen LogP contribution in [0.3, 0.4) is 0 Å². The van der Waals surface area contributed by atoms with Gasteiger partial charge in [0.2, 0.25) is 0 Å². The molecule has 0 aliphatic carbocycles. The zero-order chi connectivity index (χ0) is 15.2. The number of furan rings is 1. The number of hydrogen-bond acceptors (Lipinski definition) is 3. The highest BCUT2D eigenvalue weighted by atomic mass is 79.9. The van der Waals surface area contributed by atoms with Crippen molar-refractivity contribution >= 4 is 15.9 Å². The van der Waals surface area contributed by atoms with Crippen LogP contribution in [0.1, 0.15) is 29.5 Å². The second-order valence-electron chi connectivity index (χ2n) is 5.44. The van der Waals surface area contributed by atoms with Crippen molar-refractivity contribution in [2.45, 2.75) is 25.9 Å². The predicted molar refractivity (Wildman–Crippen MR) is 90.3 cm³/mol. The Bertz CT molecular complexity index is 567. The number of halogens is 1. The molecule has 3 nitrogen and oxygen atoms in total. The fourth-order valence-corrected chi connectivity index (χ4v) is 2.88. The minimum Gasteiger partial charge on any atom is -0.465 e. The lowest BCUT2D eigenvalue weighted by Crippen LogP contribution is -2.25. The van der Waals surface area contributed by atoms with Gasteiger partial charge in [0.25, 0.3) is 0 Å². The van der Waals surface area contributed by atoms with E-state index in [1.807, 2.05) is 20.0 Å². The van der Waals surface area contributed by atoms with Gasteiger partial charge in [-0.25, -0.2) is 0 Å².